The molecule has 1 N–H and O–H groups in total. The van der Waals surface area contributed by atoms with Crippen molar-refractivity contribution in [3.8, 4) is 11.4 Å². The first-order valence-electron chi connectivity index (χ1n) is 6.53. The summed E-state index contributed by atoms with van der Waals surface area (Å²) in [5, 5.41) is 0. The summed E-state index contributed by atoms with van der Waals surface area (Å²) in [5.74, 6) is -0.369. The van der Waals surface area contributed by atoms with Crippen LogP contribution in [-0.2, 0) is 0 Å². The molecule has 106 valence electrons. The molecule has 5 heteroatoms. The highest BCUT2D eigenvalue weighted by atomic mass is 19.1. The lowest BCUT2D eigenvalue weighted by Gasteiger charge is -2.13. The van der Waals surface area contributed by atoms with Crippen molar-refractivity contribution in [1.29, 1.82) is 0 Å². The van der Waals surface area contributed by atoms with E-state index in [1.54, 1.807) is 20.2 Å². The molecule has 1 aromatic heterocycles. The van der Waals surface area contributed by atoms with Gasteiger partial charge in [0.1, 0.15) is 11.6 Å². The van der Waals surface area contributed by atoms with Crippen LogP contribution in [0.1, 0.15) is 10.4 Å². The van der Waals surface area contributed by atoms with Crippen molar-refractivity contribution < 1.29 is 9.18 Å². The third-order valence-corrected chi connectivity index (χ3v) is 3.28. The molecule has 0 saturated carbocycles. The first-order valence-corrected chi connectivity index (χ1v) is 6.53. The summed E-state index contributed by atoms with van der Waals surface area (Å²) in [5.41, 5.74) is 2.03. The molecule has 0 spiro atoms. The van der Waals surface area contributed by atoms with Crippen LogP contribution in [0.25, 0.3) is 22.4 Å². The summed E-state index contributed by atoms with van der Waals surface area (Å²) in [6.07, 6.45) is 0. The SMILES string of the molecule is CN(C)C(=O)c1cccc(F)c1-c1nc2ccccc2[nH]1. The minimum atomic E-state index is -0.471. The van der Waals surface area contributed by atoms with Crippen molar-refractivity contribution in [3.63, 3.8) is 0 Å². The van der Waals surface area contributed by atoms with E-state index < -0.39 is 5.82 Å². The molecule has 1 amide bonds. The molecule has 0 aliphatic carbocycles. The number of amides is 1. The van der Waals surface area contributed by atoms with Crippen molar-refractivity contribution in [2.24, 2.45) is 0 Å². The predicted octanol–water partition coefficient (Wildman–Crippen LogP) is 3.07. The van der Waals surface area contributed by atoms with Crippen molar-refractivity contribution >= 4 is 16.9 Å². The Kier molecular flexibility index (Phi) is 3.17. The highest BCUT2D eigenvalue weighted by molar-refractivity contribution is 6.00. The van der Waals surface area contributed by atoms with Crippen molar-refractivity contribution in [2.75, 3.05) is 14.1 Å². The fourth-order valence-electron chi connectivity index (χ4n) is 2.26. The standard InChI is InChI=1S/C16H14FN3O/c1-20(2)16(21)10-6-5-7-11(17)14(10)15-18-12-8-3-4-9-13(12)19-15/h3-9H,1-2H3,(H,18,19). The van der Waals surface area contributed by atoms with Gasteiger partial charge in [-0.05, 0) is 24.3 Å². The van der Waals surface area contributed by atoms with E-state index in [4.69, 9.17) is 0 Å². The van der Waals surface area contributed by atoms with E-state index in [1.807, 2.05) is 24.3 Å². The number of hydrogen-bond acceptors (Lipinski definition) is 2. The Morgan fingerprint density at radius 1 is 1.14 bits per heavy atom. The van der Waals surface area contributed by atoms with E-state index in [2.05, 4.69) is 9.97 Å². The summed E-state index contributed by atoms with van der Waals surface area (Å²) >= 11 is 0. The molecular formula is C16H14FN3O. The molecule has 4 nitrogen and oxygen atoms in total. The fourth-order valence-corrected chi connectivity index (χ4v) is 2.26. The average Bonchev–Trinajstić information content (AvgIpc) is 2.89. The highest BCUT2D eigenvalue weighted by Crippen LogP contribution is 2.27. The van der Waals surface area contributed by atoms with Crippen molar-refractivity contribution in [1.82, 2.24) is 14.9 Å². The molecule has 0 atom stereocenters. The van der Waals surface area contributed by atoms with E-state index in [0.717, 1.165) is 11.0 Å². The first kappa shape index (κ1) is 13.3. The summed E-state index contributed by atoms with van der Waals surface area (Å²) < 4.78 is 14.3. The number of halogens is 1. The number of nitrogens with zero attached hydrogens (tertiary/aromatic N) is 2. The molecule has 21 heavy (non-hydrogen) atoms. The Balaban J connectivity index is 2.23. The van der Waals surface area contributed by atoms with Crippen molar-refractivity contribution in [3.05, 3.63) is 53.8 Å². The van der Waals surface area contributed by atoms with Crippen LogP contribution in [0.4, 0.5) is 4.39 Å². The second-order valence-corrected chi connectivity index (χ2v) is 4.96. The summed E-state index contributed by atoms with van der Waals surface area (Å²) in [6.45, 7) is 0. The van der Waals surface area contributed by atoms with Crippen LogP contribution in [0, 0.1) is 5.82 Å². The smallest absolute Gasteiger partial charge is 0.254 e. The van der Waals surface area contributed by atoms with E-state index in [0.29, 0.717) is 11.4 Å². The predicted molar refractivity (Wildman–Crippen MR) is 79.5 cm³/mol. The minimum Gasteiger partial charge on any atom is -0.345 e. The average molecular weight is 283 g/mol. The van der Waals surface area contributed by atoms with Gasteiger partial charge >= 0.3 is 0 Å². The second-order valence-electron chi connectivity index (χ2n) is 4.96. The van der Waals surface area contributed by atoms with E-state index in [-0.39, 0.29) is 11.5 Å². The lowest BCUT2D eigenvalue weighted by molar-refractivity contribution is 0.0828. The van der Waals surface area contributed by atoms with Gasteiger partial charge in [-0.25, -0.2) is 9.37 Å². The van der Waals surface area contributed by atoms with Gasteiger partial charge in [-0.1, -0.05) is 18.2 Å². The maximum Gasteiger partial charge on any atom is 0.254 e. The molecule has 3 rings (SSSR count). The van der Waals surface area contributed by atoms with Crippen LogP contribution >= 0.6 is 0 Å². The van der Waals surface area contributed by atoms with Gasteiger partial charge in [-0.2, -0.15) is 0 Å². The van der Waals surface area contributed by atoms with Crippen molar-refractivity contribution in [2.45, 2.75) is 0 Å². The first-order chi connectivity index (χ1) is 10.1. The molecule has 0 fully saturated rings. The zero-order chi connectivity index (χ0) is 15.0. The number of aromatic nitrogens is 2. The van der Waals surface area contributed by atoms with Gasteiger partial charge in [0.05, 0.1) is 22.2 Å². The summed E-state index contributed by atoms with van der Waals surface area (Å²) in [7, 11) is 3.27. The van der Waals surface area contributed by atoms with Crippen LogP contribution in [0.3, 0.4) is 0 Å². The Bertz CT molecular complexity index is 790. The number of imidazole rings is 1. The number of H-pyrrole nitrogens is 1. The van der Waals surface area contributed by atoms with Crippen LogP contribution in [-0.4, -0.2) is 34.9 Å². The fraction of sp³-hybridized carbons (Fsp3) is 0.125. The topological polar surface area (TPSA) is 49.0 Å². The van der Waals surface area contributed by atoms with Gasteiger partial charge < -0.3 is 9.88 Å². The largest absolute Gasteiger partial charge is 0.345 e. The van der Waals surface area contributed by atoms with Gasteiger partial charge in [0.25, 0.3) is 5.91 Å². The monoisotopic (exact) mass is 283 g/mol. The zero-order valence-electron chi connectivity index (χ0n) is 11.7. The molecule has 3 aromatic rings. The second kappa shape index (κ2) is 5.01. The molecule has 0 unspecified atom stereocenters. The maximum absolute atomic E-state index is 14.3. The number of hydrogen-bond donors (Lipinski definition) is 1. The Labute approximate surface area is 121 Å². The Hall–Kier alpha value is -2.69. The van der Waals surface area contributed by atoms with Gasteiger partial charge in [0.2, 0.25) is 0 Å². The van der Waals surface area contributed by atoms with Gasteiger partial charge in [0.15, 0.2) is 0 Å². The molecule has 0 aliphatic rings. The van der Waals surface area contributed by atoms with E-state index >= 15 is 0 Å². The number of aromatic amines is 1. The zero-order valence-corrected chi connectivity index (χ0v) is 11.7. The summed E-state index contributed by atoms with van der Waals surface area (Å²) in [6, 6.07) is 11.9. The third kappa shape index (κ3) is 2.27. The number of carbonyl (C=O) groups excluding carboxylic acids is 1. The number of fused-ring (bicyclic) bond motifs is 1. The molecule has 0 aliphatic heterocycles. The lowest BCUT2D eigenvalue weighted by atomic mass is 10.1. The Morgan fingerprint density at radius 3 is 2.62 bits per heavy atom. The normalized spacial score (nSPS) is 10.8. The summed E-state index contributed by atoms with van der Waals surface area (Å²) in [4.78, 5) is 21.1. The number of nitrogens with one attached hydrogen (secondary N) is 1. The van der Waals surface area contributed by atoms with Crippen LogP contribution in [0.5, 0.6) is 0 Å². The Morgan fingerprint density at radius 2 is 1.90 bits per heavy atom. The number of para-hydroxylation sites is 2. The highest BCUT2D eigenvalue weighted by Gasteiger charge is 2.20. The van der Waals surface area contributed by atoms with Crippen LogP contribution in [0.15, 0.2) is 42.5 Å². The number of benzene rings is 2. The quantitative estimate of drug-likeness (QED) is 0.785. The van der Waals surface area contributed by atoms with E-state index in [9.17, 15) is 9.18 Å². The van der Waals surface area contributed by atoms with Crippen LogP contribution in [0.2, 0.25) is 0 Å². The van der Waals surface area contributed by atoms with E-state index in [1.165, 1.54) is 17.0 Å². The molecule has 0 radical (unpaired) electrons. The molecule has 0 bridgehead atoms. The maximum atomic E-state index is 14.3. The number of rotatable bonds is 2. The third-order valence-electron chi connectivity index (χ3n) is 3.28. The van der Waals surface area contributed by atoms with Crippen LogP contribution < -0.4 is 0 Å². The molecule has 1 heterocycles. The molecule has 2 aromatic carbocycles. The van der Waals surface area contributed by atoms with Gasteiger partial charge in [0, 0.05) is 14.1 Å². The molecular weight excluding hydrogens is 269 g/mol. The lowest BCUT2D eigenvalue weighted by Crippen LogP contribution is -2.22. The molecule has 0 saturated heterocycles. The number of carbonyl (C=O) groups is 1. The minimum absolute atomic E-state index is 0.201. The van der Waals surface area contributed by atoms with Gasteiger partial charge in [-0.15, -0.1) is 0 Å². The van der Waals surface area contributed by atoms with Gasteiger partial charge in [-0.3, -0.25) is 4.79 Å².